The van der Waals surface area contributed by atoms with E-state index in [1.165, 1.54) is 5.01 Å². The predicted molar refractivity (Wildman–Crippen MR) is 94.5 cm³/mol. The highest BCUT2D eigenvalue weighted by Crippen LogP contribution is 2.15. The molecule has 0 aliphatic carbocycles. The number of nitrogens with zero attached hydrogens (tertiary/aromatic N) is 3. The maximum Gasteiger partial charge on any atom is 0.267 e. The van der Waals surface area contributed by atoms with Crippen LogP contribution in [0.25, 0.3) is 0 Å². The normalized spacial score (nSPS) is 15.5. The molecule has 6 nitrogen and oxygen atoms in total. The number of nitrogens with one attached hydrogen (secondary N) is 1. The van der Waals surface area contributed by atoms with Gasteiger partial charge in [-0.05, 0) is 30.2 Å². The van der Waals surface area contributed by atoms with Crippen molar-refractivity contribution in [1.29, 1.82) is 0 Å². The van der Waals surface area contributed by atoms with Crippen molar-refractivity contribution < 1.29 is 9.59 Å². The first-order chi connectivity index (χ1) is 12.1. The smallest absolute Gasteiger partial charge is 0.267 e. The van der Waals surface area contributed by atoms with Gasteiger partial charge in [-0.1, -0.05) is 30.3 Å². The standard InChI is InChI=1S/C19H20N4O2/c1-14(16-9-11-20-12-10-16)21-19(25)17-7-8-18(24)23(22-17)13-15-5-3-2-4-6-15/h2-6,9-12,14H,7-8,13H2,1H3,(H,21,25). The van der Waals surface area contributed by atoms with E-state index < -0.39 is 0 Å². The van der Waals surface area contributed by atoms with Gasteiger partial charge in [0.2, 0.25) is 5.91 Å². The number of hydrogen-bond acceptors (Lipinski definition) is 4. The number of carbonyl (C=O) groups is 2. The molecule has 0 saturated heterocycles. The van der Waals surface area contributed by atoms with Crippen molar-refractivity contribution in [3.8, 4) is 0 Å². The molecule has 0 saturated carbocycles. The Balaban J connectivity index is 1.69. The Morgan fingerprint density at radius 1 is 1.16 bits per heavy atom. The highest BCUT2D eigenvalue weighted by Gasteiger charge is 2.25. The average molecular weight is 336 g/mol. The van der Waals surface area contributed by atoms with Gasteiger partial charge in [0, 0.05) is 25.2 Å². The molecule has 2 aromatic rings. The monoisotopic (exact) mass is 336 g/mol. The molecule has 0 fully saturated rings. The molecule has 1 atom stereocenters. The van der Waals surface area contributed by atoms with Crippen LogP contribution in [-0.4, -0.2) is 27.5 Å². The fourth-order valence-electron chi connectivity index (χ4n) is 2.66. The van der Waals surface area contributed by atoms with Crippen molar-refractivity contribution in [2.24, 2.45) is 5.10 Å². The fourth-order valence-corrected chi connectivity index (χ4v) is 2.66. The van der Waals surface area contributed by atoms with Gasteiger partial charge in [0.1, 0.15) is 5.71 Å². The Bertz CT molecular complexity index is 775. The van der Waals surface area contributed by atoms with E-state index in [9.17, 15) is 9.59 Å². The first-order valence-corrected chi connectivity index (χ1v) is 8.26. The number of amides is 2. The molecule has 1 aromatic carbocycles. The maximum absolute atomic E-state index is 12.5. The van der Waals surface area contributed by atoms with Gasteiger partial charge >= 0.3 is 0 Å². The van der Waals surface area contributed by atoms with Crippen molar-refractivity contribution in [1.82, 2.24) is 15.3 Å². The Morgan fingerprint density at radius 3 is 2.60 bits per heavy atom. The topological polar surface area (TPSA) is 74.7 Å². The summed E-state index contributed by atoms with van der Waals surface area (Å²) in [7, 11) is 0. The lowest BCUT2D eigenvalue weighted by molar-refractivity contribution is -0.132. The number of aromatic nitrogens is 1. The number of hydrogen-bond donors (Lipinski definition) is 1. The minimum Gasteiger partial charge on any atom is -0.344 e. The number of rotatable bonds is 5. The summed E-state index contributed by atoms with van der Waals surface area (Å²) in [4.78, 5) is 28.6. The molecule has 2 heterocycles. The van der Waals surface area contributed by atoms with E-state index in [0.29, 0.717) is 25.1 Å². The second kappa shape index (κ2) is 7.70. The van der Waals surface area contributed by atoms with Crippen molar-refractivity contribution in [3.05, 3.63) is 66.0 Å². The van der Waals surface area contributed by atoms with Crippen molar-refractivity contribution in [3.63, 3.8) is 0 Å². The van der Waals surface area contributed by atoms with E-state index in [0.717, 1.165) is 11.1 Å². The molecule has 1 N–H and O–H groups in total. The summed E-state index contributed by atoms with van der Waals surface area (Å²) < 4.78 is 0. The van der Waals surface area contributed by atoms with Gasteiger partial charge in [0.05, 0.1) is 12.6 Å². The summed E-state index contributed by atoms with van der Waals surface area (Å²) in [5, 5.41) is 8.59. The highest BCUT2D eigenvalue weighted by atomic mass is 16.2. The van der Waals surface area contributed by atoms with Gasteiger partial charge in [-0.15, -0.1) is 0 Å². The molecule has 0 radical (unpaired) electrons. The lowest BCUT2D eigenvalue weighted by Gasteiger charge is -2.24. The van der Waals surface area contributed by atoms with Crippen LogP contribution < -0.4 is 5.32 Å². The lowest BCUT2D eigenvalue weighted by atomic mass is 10.1. The largest absolute Gasteiger partial charge is 0.344 e. The molecular weight excluding hydrogens is 316 g/mol. The molecule has 128 valence electrons. The van der Waals surface area contributed by atoms with Crippen LogP contribution in [0.3, 0.4) is 0 Å². The van der Waals surface area contributed by atoms with E-state index in [1.807, 2.05) is 49.4 Å². The molecule has 3 rings (SSSR count). The van der Waals surface area contributed by atoms with Gasteiger partial charge in [0.25, 0.3) is 5.91 Å². The zero-order valence-electron chi connectivity index (χ0n) is 14.1. The Morgan fingerprint density at radius 2 is 1.88 bits per heavy atom. The molecule has 6 heteroatoms. The molecule has 0 spiro atoms. The van der Waals surface area contributed by atoms with E-state index in [4.69, 9.17) is 0 Å². The minimum atomic E-state index is -0.241. The van der Waals surface area contributed by atoms with Crippen molar-refractivity contribution in [2.75, 3.05) is 0 Å². The highest BCUT2D eigenvalue weighted by molar-refractivity contribution is 6.39. The molecule has 1 aromatic heterocycles. The minimum absolute atomic E-state index is 0.0671. The zero-order valence-corrected chi connectivity index (χ0v) is 14.1. The first-order valence-electron chi connectivity index (χ1n) is 8.26. The molecule has 2 amide bonds. The molecule has 1 unspecified atom stereocenters. The van der Waals surface area contributed by atoms with Gasteiger partial charge in [-0.25, -0.2) is 5.01 Å². The zero-order chi connectivity index (χ0) is 17.6. The molecule has 1 aliphatic rings. The van der Waals surface area contributed by atoms with Crippen LogP contribution in [0.15, 0.2) is 60.0 Å². The van der Waals surface area contributed by atoms with E-state index >= 15 is 0 Å². The van der Waals surface area contributed by atoms with Crippen LogP contribution in [0.2, 0.25) is 0 Å². The van der Waals surface area contributed by atoms with Gasteiger partial charge < -0.3 is 5.32 Å². The van der Waals surface area contributed by atoms with Crippen LogP contribution in [0.1, 0.15) is 36.9 Å². The van der Waals surface area contributed by atoms with Gasteiger partial charge in [0.15, 0.2) is 0 Å². The second-order valence-corrected chi connectivity index (χ2v) is 5.96. The quantitative estimate of drug-likeness (QED) is 0.911. The second-order valence-electron chi connectivity index (χ2n) is 5.96. The number of benzene rings is 1. The van der Waals surface area contributed by atoms with Gasteiger partial charge in [-0.2, -0.15) is 5.10 Å². The molecular formula is C19H20N4O2. The summed E-state index contributed by atoms with van der Waals surface area (Å²) in [6.07, 6.45) is 4.04. The van der Waals surface area contributed by atoms with E-state index in [1.54, 1.807) is 12.4 Å². The molecule has 25 heavy (non-hydrogen) atoms. The fraction of sp³-hybridized carbons (Fsp3) is 0.263. The third-order valence-electron chi connectivity index (χ3n) is 4.10. The van der Waals surface area contributed by atoms with E-state index in [2.05, 4.69) is 15.4 Å². The predicted octanol–water partition coefficient (Wildman–Crippen LogP) is 2.44. The summed E-state index contributed by atoms with van der Waals surface area (Å²) in [5.41, 5.74) is 2.33. The summed E-state index contributed by atoms with van der Waals surface area (Å²) >= 11 is 0. The van der Waals surface area contributed by atoms with Crippen LogP contribution in [0.4, 0.5) is 0 Å². The van der Waals surface area contributed by atoms with Gasteiger partial charge in [-0.3, -0.25) is 14.6 Å². The summed E-state index contributed by atoms with van der Waals surface area (Å²) in [6, 6.07) is 13.2. The third-order valence-corrected chi connectivity index (χ3v) is 4.10. The number of hydrazone groups is 1. The summed E-state index contributed by atoms with van der Waals surface area (Å²) in [5.74, 6) is -0.308. The van der Waals surface area contributed by atoms with E-state index in [-0.39, 0.29) is 17.9 Å². The average Bonchev–Trinajstić information content (AvgIpc) is 2.65. The van der Waals surface area contributed by atoms with Crippen molar-refractivity contribution in [2.45, 2.75) is 32.4 Å². The molecule has 1 aliphatic heterocycles. The van der Waals surface area contributed by atoms with Crippen molar-refractivity contribution >= 4 is 17.5 Å². The van der Waals surface area contributed by atoms with Crippen LogP contribution >= 0.6 is 0 Å². The lowest BCUT2D eigenvalue weighted by Crippen LogP contribution is -2.39. The van der Waals surface area contributed by atoms with Crippen LogP contribution in [0, 0.1) is 0 Å². The molecule has 0 bridgehead atoms. The van der Waals surface area contributed by atoms with Crippen LogP contribution in [0.5, 0.6) is 0 Å². The first kappa shape index (κ1) is 16.8. The maximum atomic E-state index is 12.5. The number of carbonyl (C=O) groups excluding carboxylic acids is 2. The van der Waals surface area contributed by atoms with Crippen LogP contribution in [-0.2, 0) is 16.1 Å². The Kier molecular flexibility index (Phi) is 5.18. The third kappa shape index (κ3) is 4.29. The Labute approximate surface area is 146 Å². The Hall–Kier alpha value is -3.02. The SMILES string of the molecule is CC(NC(=O)C1=NN(Cc2ccccc2)C(=O)CC1)c1ccncc1. The summed E-state index contributed by atoms with van der Waals surface area (Å²) in [6.45, 7) is 2.28. The number of pyridine rings is 1.